The number of halogens is 1. The Morgan fingerprint density at radius 1 is 1.05 bits per heavy atom. The fourth-order valence-electron chi connectivity index (χ4n) is 4.64. The molecule has 0 bridgehead atoms. The Kier molecular flexibility index (Phi) is 9.83. The molecular weight excluding hydrogens is 624 g/mol. The topological polar surface area (TPSA) is 97.6 Å². The third kappa shape index (κ3) is 6.42. The van der Waals surface area contributed by atoms with Crippen LogP contribution in [0.5, 0.6) is 23.0 Å². The molecule has 3 aromatic rings. The number of ether oxygens (including phenoxy) is 5. The molecule has 0 saturated carbocycles. The summed E-state index contributed by atoms with van der Waals surface area (Å²) >= 11 is 4.81. The summed E-state index contributed by atoms with van der Waals surface area (Å²) in [4.78, 5) is 32.4. The average Bonchev–Trinajstić information content (AvgIpc) is 3.23. The van der Waals surface area contributed by atoms with Crippen LogP contribution in [0, 0.1) is 0 Å². The van der Waals surface area contributed by atoms with E-state index in [0.717, 1.165) is 5.56 Å². The number of fused-ring (bicyclic) bond motifs is 1. The number of nitrogens with zero attached hydrogens (tertiary/aromatic N) is 2. The number of methoxy groups -OCH3 is 2. The van der Waals surface area contributed by atoms with Crippen molar-refractivity contribution < 1.29 is 28.5 Å². The van der Waals surface area contributed by atoms with Gasteiger partial charge < -0.3 is 23.7 Å². The summed E-state index contributed by atoms with van der Waals surface area (Å²) in [5, 5.41) is 0. The van der Waals surface area contributed by atoms with Gasteiger partial charge in [0.2, 0.25) is 0 Å². The van der Waals surface area contributed by atoms with Crippen molar-refractivity contribution in [2.75, 3.05) is 20.8 Å². The van der Waals surface area contributed by atoms with Gasteiger partial charge in [-0.1, -0.05) is 17.4 Å². The molecule has 0 N–H and O–H groups in total. The molecule has 11 heteroatoms. The van der Waals surface area contributed by atoms with Gasteiger partial charge in [-0.15, -0.1) is 0 Å². The van der Waals surface area contributed by atoms with Gasteiger partial charge in [-0.25, -0.2) is 9.79 Å². The van der Waals surface area contributed by atoms with E-state index in [-0.39, 0.29) is 29.9 Å². The van der Waals surface area contributed by atoms with Crippen LogP contribution in [0.1, 0.15) is 58.7 Å². The number of hydrogen-bond donors (Lipinski definition) is 0. The first-order chi connectivity index (χ1) is 20.0. The van der Waals surface area contributed by atoms with E-state index in [1.54, 1.807) is 46.3 Å². The van der Waals surface area contributed by atoms with Crippen molar-refractivity contribution >= 4 is 39.3 Å². The van der Waals surface area contributed by atoms with E-state index in [1.807, 2.05) is 45.9 Å². The third-order valence-corrected chi connectivity index (χ3v) is 7.86. The Hall–Kier alpha value is -3.57. The molecule has 0 unspecified atom stereocenters. The van der Waals surface area contributed by atoms with E-state index in [2.05, 4.69) is 20.9 Å². The van der Waals surface area contributed by atoms with Gasteiger partial charge in [0.25, 0.3) is 5.56 Å². The summed E-state index contributed by atoms with van der Waals surface area (Å²) in [5.74, 6) is 1.63. The lowest BCUT2D eigenvalue weighted by atomic mass is 9.95. The van der Waals surface area contributed by atoms with Gasteiger partial charge in [0.05, 0.1) is 59.4 Å². The standard InChI is InChI=1S/C31H35BrN2O7S/c1-9-39-30(36)26-18(6)33-31-34(27(26)20-10-11-22(40-16(2)3)23(15-20)37-7)29(35)25(42-31)14-19-12-21(32)28(41-17(4)5)24(13-19)38-8/h10-17,27H,9H2,1-8H3/b25-14+/t27-/m1/s1. The maximum Gasteiger partial charge on any atom is 0.338 e. The van der Waals surface area contributed by atoms with Crippen LogP contribution in [0.2, 0.25) is 0 Å². The molecule has 4 rings (SSSR count). The van der Waals surface area contributed by atoms with Crippen LogP contribution >= 0.6 is 27.3 Å². The zero-order chi connectivity index (χ0) is 30.7. The van der Waals surface area contributed by atoms with Gasteiger partial charge in [0.15, 0.2) is 27.8 Å². The van der Waals surface area contributed by atoms with E-state index < -0.39 is 12.0 Å². The summed E-state index contributed by atoms with van der Waals surface area (Å²) in [6.45, 7) is 11.4. The van der Waals surface area contributed by atoms with Crippen LogP contribution in [0.25, 0.3) is 6.08 Å². The SMILES string of the molecule is CCOC(=O)C1=C(C)N=c2s/c(=C/c3cc(Br)c(OC(C)C)c(OC)c3)c(=O)n2[C@@H]1c1ccc(OC(C)C)c(OC)c1. The highest BCUT2D eigenvalue weighted by atomic mass is 79.9. The number of carbonyl (C=O) groups is 1. The van der Waals surface area contributed by atoms with Crippen LogP contribution in [0.4, 0.5) is 0 Å². The predicted octanol–water partition coefficient (Wildman–Crippen LogP) is 5.15. The molecule has 0 amide bonds. The van der Waals surface area contributed by atoms with Crippen molar-refractivity contribution in [2.45, 2.75) is 59.8 Å². The first kappa shape index (κ1) is 31.4. The van der Waals surface area contributed by atoms with Gasteiger partial charge in [-0.2, -0.15) is 0 Å². The lowest BCUT2D eigenvalue weighted by Gasteiger charge is -2.25. The van der Waals surface area contributed by atoms with E-state index in [0.29, 0.717) is 48.1 Å². The lowest BCUT2D eigenvalue weighted by molar-refractivity contribution is -0.139. The predicted molar refractivity (Wildman–Crippen MR) is 166 cm³/mol. The second-order valence-electron chi connectivity index (χ2n) is 10.1. The molecule has 224 valence electrons. The van der Waals surface area contributed by atoms with Gasteiger partial charge in [-0.3, -0.25) is 9.36 Å². The van der Waals surface area contributed by atoms with E-state index in [1.165, 1.54) is 15.9 Å². The Labute approximate surface area is 257 Å². The summed E-state index contributed by atoms with van der Waals surface area (Å²) in [6.07, 6.45) is 1.66. The number of allylic oxidation sites excluding steroid dienone is 1. The molecule has 2 aromatic carbocycles. The summed E-state index contributed by atoms with van der Waals surface area (Å²) < 4.78 is 31.1. The maximum absolute atomic E-state index is 14.0. The Bertz CT molecular complexity index is 1700. The highest BCUT2D eigenvalue weighted by Gasteiger charge is 2.34. The maximum atomic E-state index is 14.0. The minimum absolute atomic E-state index is 0.0498. The minimum atomic E-state index is -0.785. The second kappa shape index (κ2) is 13.2. The molecule has 0 aliphatic carbocycles. The van der Waals surface area contributed by atoms with Crippen molar-refractivity contribution in [1.82, 2.24) is 4.57 Å². The molecule has 0 saturated heterocycles. The van der Waals surface area contributed by atoms with Gasteiger partial charge >= 0.3 is 5.97 Å². The number of aromatic nitrogens is 1. The van der Waals surface area contributed by atoms with Crippen molar-refractivity contribution in [1.29, 1.82) is 0 Å². The monoisotopic (exact) mass is 658 g/mol. The first-order valence-electron chi connectivity index (χ1n) is 13.6. The number of thiazole rings is 1. The summed E-state index contributed by atoms with van der Waals surface area (Å²) in [7, 11) is 3.12. The van der Waals surface area contributed by atoms with Crippen LogP contribution in [0.15, 0.2) is 55.9 Å². The van der Waals surface area contributed by atoms with E-state index in [4.69, 9.17) is 23.7 Å². The lowest BCUT2D eigenvalue weighted by Crippen LogP contribution is -2.40. The first-order valence-corrected chi connectivity index (χ1v) is 15.2. The van der Waals surface area contributed by atoms with E-state index >= 15 is 0 Å². The zero-order valence-electron chi connectivity index (χ0n) is 24.9. The number of benzene rings is 2. The van der Waals surface area contributed by atoms with Gasteiger partial charge in [-0.05, 0) is 98.9 Å². The van der Waals surface area contributed by atoms with Crippen LogP contribution < -0.4 is 33.8 Å². The van der Waals surface area contributed by atoms with Crippen LogP contribution in [0.3, 0.4) is 0 Å². The number of carbonyl (C=O) groups excluding carboxylic acids is 1. The molecule has 0 spiro atoms. The fourth-order valence-corrected chi connectivity index (χ4v) is 6.24. The molecule has 9 nitrogen and oxygen atoms in total. The molecule has 1 aromatic heterocycles. The molecule has 1 atom stereocenters. The van der Waals surface area contributed by atoms with Crippen LogP contribution in [-0.2, 0) is 9.53 Å². The number of esters is 1. The number of hydrogen-bond acceptors (Lipinski definition) is 9. The van der Waals surface area contributed by atoms with Gasteiger partial charge in [0.1, 0.15) is 0 Å². The van der Waals surface area contributed by atoms with Gasteiger partial charge in [0, 0.05) is 0 Å². The van der Waals surface area contributed by atoms with Crippen molar-refractivity contribution in [3.63, 3.8) is 0 Å². The molecule has 2 heterocycles. The number of rotatable bonds is 10. The normalized spacial score (nSPS) is 15.0. The summed E-state index contributed by atoms with van der Waals surface area (Å²) in [6, 6.07) is 8.29. The summed E-state index contributed by atoms with van der Waals surface area (Å²) in [5.41, 5.74) is 1.86. The van der Waals surface area contributed by atoms with E-state index in [9.17, 15) is 9.59 Å². The minimum Gasteiger partial charge on any atom is -0.493 e. The largest absolute Gasteiger partial charge is 0.493 e. The fraction of sp³-hybridized carbons (Fsp3) is 0.387. The molecule has 1 aliphatic heterocycles. The molecular formula is C31H35BrN2O7S. The molecule has 0 fully saturated rings. The Morgan fingerprint density at radius 3 is 2.36 bits per heavy atom. The molecule has 0 radical (unpaired) electrons. The molecule has 42 heavy (non-hydrogen) atoms. The highest BCUT2D eigenvalue weighted by Crippen LogP contribution is 2.38. The van der Waals surface area contributed by atoms with Crippen molar-refractivity contribution in [3.05, 3.63) is 76.9 Å². The quantitative estimate of drug-likeness (QED) is 0.278. The molecule has 1 aliphatic rings. The Balaban J connectivity index is 1.92. The van der Waals surface area contributed by atoms with Crippen LogP contribution in [-0.4, -0.2) is 43.6 Å². The Morgan fingerprint density at radius 2 is 1.74 bits per heavy atom. The average molecular weight is 660 g/mol. The van der Waals surface area contributed by atoms with Crippen molar-refractivity contribution in [3.8, 4) is 23.0 Å². The highest BCUT2D eigenvalue weighted by molar-refractivity contribution is 9.10. The third-order valence-electron chi connectivity index (χ3n) is 6.29. The van der Waals surface area contributed by atoms with Crippen molar-refractivity contribution in [2.24, 2.45) is 4.99 Å². The smallest absolute Gasteiger partial charge is 0.338 e. The zero-order valence-corrected chi connectivity index (χ0v) is 27.3. The second-order valence-corrected chi connectivity index (χ2v) is 11.9.